The molecule has 0 aliphatic rings. The molecule has 0 atom stereocenters. The molecule has 0 radical (unpaired) electrons. The van der Waals surface area contributed by atoms with Gasteiger partial charge >= 0.3 is 0 Å². The van der Waals surface area contributed by atoms with Crippen LogP contribution in [0.15, 0.2) is 158 Å². The van der Waals surface area contributed by atoms with Crippen LogP contribution >= 0.6 is 0 Å². The zero-order valence-electron chi connectivity index (χ0n) is 22.5. The van der Waals surface area contributed by atoms with Gasteiger partial charge in [0.1, 0.15) is 0 Å². The minimum atomic E-state index is 1.07. The average molecular weight is 522 g/mol. The van der Waals surface area contributed by atoms with Crippen LogP contribution in [0.4, 0.5) is 11.4 Å². The van der Waals surface area contributed by atoms with E-state index in [-0.39, 0.29) is 0 Å². The van der Waals surface area contributed by atoms with Crippen molar-refractivity contribution in [3.05, 3.63) is 158 Å². The Morgan fingerprint density at radius 2 is 0.780 bits per heavy atom. The van der Waals surface area contributed by atoms with E-state index in [0.29, 0.717) is 0 Å². The van der Waals surface area contributed by atoms with Crippen molar-refractivity contribution in [1.82, 2.24) is 0 Å². The molecule has 0 unspecified atom stereocenters. The third-order valence-electron chi connectivity index (χ3n) is 8.19. The third kappa shape index (κ3) is 4.11. The summed E-state index contributed by atoms with van der Waals surface area (Å²) in [5.74, 6) is 0. The molecule has 0 fully saturated rings. The Labute approximate surface area is 239 Å². The van der Waals surface area contributed by atoms with Crippen LogP contribution in [-0.2, 0) is 0 Å². The lowest BCUT2D eigenvalue weighted by Gasteiger charge is -2.14. The summed E-state index contributed by atoms with van der Waals surface area (Å²) in [4.78, 5) is 0. The van der Waals surface area contributed by atoms with E-state index in [1.54, 1.807) is 0 Å². The smallest absolute Gasteiger partial charge is 0.0390 e. The molecule has 0 aliphatic heterocycles. The Kier molecular flexibility index (Phi) is 5.53. The second-order valence-electron chi connectivity index (χ2n) is 10.7. The Hall–Kier alpha value is -5.40. The summed E-state index contributed by atoms with van der Waals surface area (Å²) in [6, 6.07) is 56.9. The van der Waals surface area contributed by atoms with Crippen LogP contribution in [0.2, 0.25) is 0 Å². The molecule has 0 amide bonds. The van der Waals surface area contributed by atoms with E-state index in [0.717, 1.165) is 11.4 Å². The minimum absolute atomic E-state index is 1.07. The molecule has 1 N–H and O–H groups in total. The van der Waals surface area contributed by atoms with Gasteiger partial charge < -0.3 is 5.32 Å². The summed E-state index contributed by atoms with van der Waals surface area (Å²) in [6.07, 6.45) is 0. The highest BCUT2D eigenvalue weighted by Crippen LogP contribution is 2.37. The summed E-state index contributed by atoms with van der Waals surface area (Å²) in [6.45, 7) is 0. The van der Waals surface area contributed by atoms with Gasteiger partial charge in [0, 0.05) is 11.4 Å². The lowest BCUT2D eigenvalue weighted by atomic mass is 9.93. The van der Waals surface area contributed by atoms with Crippen molar-refractivity contribution in [2.75, 3.05) is 5.32 Å². The highest BCUT2D eigenvalue weighted by molar-refractivity contribution is 6.15. The summed E-state index contributed by atoms with van der Waals surface area (Å²) >= 11 is 0. The summed E-state index contributed by atoms with van der Waals surface area (Å²) in [7, 11) is 0. The highest BCUT2D eigenvalue weighted by atomic mass is 14.9. The normalized spacial score (nSPS) is 11.4. The van der Waals surface area contributed by atoms with Gasteiger partial charge in [-0.15, -0.1) is 0 Å². The van der Waals surface area contributed by atoms with E-state index in [9.17, 15) is 0 Å². The van der Waals surface area contributed by atoms with Crippen molar-refractivity contribution in [1.29, 1.82) is 0 Å². The second kappa shape index (κ2) is 9.66. The molecule has 1 heteroatoms. The first-order valence-corrected chi connectivity index (χ1v) is 14.1. The molecule has 41 heavy (non-hydrogen) atoms. The molecule has 8 aromatic carbocycles. The molecule has 0 spiro atoms. The molecule has 0 heterocycles. The topological polar surface area (TPSA) is 12.0 Å². The van der Waals surface area contributed by atoms with Crippen molar-refractivity contribution < 1.29 is 0 Å². The van der Waals surface area contributed by atoms with Crippen LogP contribution in [0.5, 0.6) is 0 Å². The largest absolute Gasteiger partial charge is 0.356 e. The van der Waals surface area contributed by atoms with Gasteiger partial charge in [-0.1, -0.05) is 121 Å². The molecule has 8 aromatic rings. The van der Waals surface area contributed by atoms with Gasteiger partial charge in [0.2, 0.25) is 0 Å². The van der Waals surface area contributed by atoms with Gasteiger partial charge in [0.15, 0.2) is 0 Å². The van der Waals surface area contributed by atoms with Crippen LogP contribution in [0.25, 0.3) is 65.3 Å². The summed E-state index contributed by atoms with van der Waals surface area (Å²) in [5, 5.41) is 13.9. The van der Waals surface area contributed by atoms with E-state index in [1.807, 2.05) is 0 Å². The summed E-state index contributed by atoms with van der Waals surface area (Å²) < 4.78 is 0. The molecule has 8 rings (SSSR count). The molecule has 1 nitrogen and oxygen atoms in total. The van der Waals surface area contributed by atoms with Gasteiger partial charge in [0.05, 0.1) is 0 Å². The van der Waals surface area contributed by atoms with Crippen LogP contribution in [0.3, 0.4) is 0 Å². The third-order valence-corrected chi connectivity index (χ3v) is 8.19. The quantitative estimate of drug-likeness (QED) is 0.227. The van der Waals surface area contributed by atoms with E-state index in [4.69, 9.17) is 0 Å². The van der Waals surface area contributed by atoms with Crippen LogP contribution < -0.4 is 5.32 Å². The fourth-order valence-electron chi connectivity index (χ4n) is 6.25. The van der Waals surface area contributed by atoms with E-state index in [2.05, 4.69) is 163 Å². The zero-order valence-corrected chi connectivity index (χ0v) is 22.5. The lowest BCUT2D eigenvalue weighted by molar-refractivity contribution is 1.54. The van der Waals surface area contributed by atoms with Gasteiger partial charge in [-0.05, 0) is 102 Å². The maximum atomic E-state index is 3.64. The number of fused-ring (bicyclic) bond motifs is 6. The average Bonchev–Trinajstić information content (AvgIpc) is 3.04. The highest BCUT2D eigenvalue weighted by Gasteiger charge is 2.10. The van der Waals surface area contributed by atoms with Crippen LogP contribution in [0.1, 0.15) is 0 Å². The molecular formula is C40H27N. The predicted octanol–water partition coefficient (Wildman–Crippen LogP) is 11.4. The fraction of sp³-hybridized carbons (Fsp3) is 0. The SMILES string of the molecule is c1cc(Nc2ccc(-c3cc4ccccc4c4ccccc34)cc2)cc(-c2cc3ccccc3c3ccccc23)c1. The van der Waals surface area contributed by atoms with Gasteiger partial charge in [-0.2, -0.15) is 0 Å². The number of hydrogen-bond donors (Lipinski definition) is 1. The van der Waals surface area contributed by atoms with E-state index < -0.39 is 0 Å². The minimum Gasteiger partial charge on any atom is -0.356 e. The Morgan fingerprint density at radius 3 is 1.37 bits per heavy atom. The molecule has 0 bridgehead atoms. The Bertz CT molecular complexity index is 2220. The molecule has 0 saturated carbocycles. The lowest BCUT2D eigenvalue weighted by Crippen LogP contribution is -1.92. The molecular weight excluding hydrogens is 494 g/mol. The van der Waals surface area contributed by atoms with Crippen molar-refractivity contribution in [2.24, 2.45) is 0 Å². The number of anilines is 2. The molecule has 0 aliphatic carbocycles. The number of rotatable bonds is 4. The molecule has 0 saturated heterocycles. The van der Waals surface area contributed by atoms with Crippen molar-refractivity contribution >= 4 is 54.5 Å². The van der Waals surface area contributed by atoms with E-state index >= 15 is 0 Å². The zero-order chi connectivity index (χ0) is 27.2. The summed E-state index contributed by atoms with van der Waals surface area (Å²) in [5.41, 5.74) is 7.07. The van der Waals surface area contributed by atoms with Gasteiger partial charge in [0.25, 0.3) is 0 Å². The predicted molar refractivity (Wildman–Crippen MR) is 177 cm³/mol. The van der Waals surface area contributed by atoms with Crippen molar-refractivity contribution in [2.45, 2.75) is 0 Å². The number of nitrogens with one attached hydrogen (secondary N) is 1. The second-order valence-corrected chi connectivity index (χ2v) is 10.7. The van der Waals surface area contributed by atoms with Crippen molar-refractivity contribution in [3.63, 3.8) is 0 Å². The Balaban J connectivity index is 1.15. The first-order chi connectivity index (χ1) is 20.3. The maximum absolute atomic E-state index is 3.64. The first kappa shape index (κ1) is 23.5. The maximum Gasteiger partial charge on any atom is 0.0390 e. The number of benzene rings is 8. The van der Waals surface area contributed by atoms with E-state index in [1.165, 1.54) is 65.3 Å². The molecule has 0 aromatic heterocycles. The van der Waals surface area contributed by atoms with Gasteiger partial charge in [-0.25, -0.2) is 0 Å². The molecule has 192 valence electrons. The van der Waals surface area contributed by atoms with Crippen LogP contribution in [-0.4, -0.2) is 0 Å². The standard InChI is InChI=1S/C40H27N/c1-3-14-33-29(10-1)25-39(37-18-7-5-16-35(33)37)27-20-22-31(23-21-27)41-32-13-9-12-28(24-32)40-26-30-11-2-4-15-34(30)36-17-6-8-19-38(36)40/h1-26,41H. The Morgan fingerprint density at radius 1 is 0.293 bits per heavy atom. The van der Waals surface area contributed by atoms with Crippen LogP contribution in [0, 0.1) is 0 Å². The van der Waals surface area contributed by atoms with Gasteiger partial charge in [-0.3, -0.25) is 0 Å². The first-order valence-electron chi connectivity index (χ1n) is 14.1. The fourth-order valence-corrected chi connectivity index (χ4v) is 6.25. The number of hydrogen-bond acceptors (Lipinski definition) is 1. The van der Waals surface area contributed by atoms with Crippen molar-refractivity contribution in [3.8, 4) is 22.3 Å². The monoisotopic (exact) mass is 521 g/mol.